The van der Waals surface area contributed by atoms with Gasteiger partial charge in [0.05, 0.1) is 25.4 Å². The Morgan fingerprint density at radius 3 is 1.62 bits per heavy atom. The maximum atomic E-state index is 12.6. The Hall–Kier alpha value is -3.68. The van der Waals surface area contributed by atoms with E-state index in [1.54, 1.807) is 6.08 Å². The third-order valence-electron chi connectivity index (χ3n) is 8.52. The molecule has 13 nitrogen and oxygen atoms in total. The molecule has 14 heteroatoms. The van der Waals surface area contributed by atoms with Gasteiger partial charge in [-0.1, -0.05) is 124 Å². The van der Waals surface area contributed by atoms with E-state index >= 15 is 0 Å². The monoisotopic (exact) mass is 863 g/mol. The van der Waals surface area contributed by atoms with Crippen molar-refractivity contribution in [3.8, 4) is 0 Å². The zero-order chi connectivity index (χ0) is 44.5. The molecule has 0 spiro atoms. The van der Waals surface area contributed by atoms with Gasteiger partial charge in [-0.3, -0.25) is 23.4 Å². The van der Waals surface area contributed by atoms with Gasteiger partial charge in [0.2, 0.25) is 0 Å². The van der Waals surface area contributed by atoms with Crippen LogP contribution in [-0.4, -0.2) is 82.3 Å². The Kier molecular flexibility index (Phi) is 37.0. The van der Waals surface area contributed by atoms with E-state index < -0.39 is 69.9 Å². The number of phosphoric ester groups is 1. The van der Waals surface area contributed by atoms with Crippen molar-refractivity contribution < 1.29 is 57.7 Å². The minimum Gasteiger partial charge on any atom is -0.480 e. The number of carbonyl (C=O) groups excluding carboxylic acids is 2. The average Bonchev–Trinajstić information content (AvgIpc) is 3.22. The summed E-state index contributed by atoms with van der Waals surface area (Å²) in [7, 11) is -4.81. The number of rotatable bonds is 38. The van der Waals surface area contributed by atoms with Crippen LogP contribution in [0.25, 0.3) is 0 Å². The maximum absolute atomic E-state index is 12.6. The Bertz CT molecular complexity index is 1420. The van der Waals surface area contributed by atoms with E-state index in [-0.39, 0.29) is 32.1 Å². The predicted octanol–water partition coefficient (Wildman–Crippen LogP) is 9.22. The second-order valence-corrected chi connectivity index (χ2v) is 15.5. The van der Waals surface area contributed by atoms with Gasteiger partial charge >= 0.3 is 25.7 Å². The molecule has 0 saturated carbocycles. The second kappa shape index (κ2) is 39.5. The molecule has 0 rings (SSSR count). The summed E-state index contributed by atoms with van der Waals surface area (Å²) in [4.78, 5) is 46.0. The number of carbonyl (C=O) groups is 3. The molecule has 0 heterocycles. The third kappa shape index (κ3) is 37.3. The minimum atomic E-state index is -4.81. The van der Waals surface area contributed by atoms with Crippen LogP contribution in [0.5, 0.6) is 0 Å². The highest BCUT2D eigenvalue weighted by Gasteiger charge is 2.28. The van der Waals surface area contributed by atoms with Gasteiger partial charge in [0.1, 0.15) is 12.6 Å². The first kappa shape index (κ1) is 56.3. The van der Waals surface area contributed by atoms with Crippen LogP contribution >= 0.6 is 7.82 Å². The molecule has 0 saturated heterocycles. The number of aliphatic hydroxyl groups is 2. The van der Waals surface area contributed by atoms with Crippen LogP contribution in [0.4, 0.5) is 0 Å². The molecule has 0 aliphatic rings. The number of nitrogens with two attached hydrogens (primary N) is 1. The molecule has 5 atom stereocenters. The molecule has 0 fully saturated rings. The first-order chi connectivity index (χ1) is 28.9. The number of hydrogen-bond acceptors (Lipinski definition) is 11. The largest absolute Gasteiger partial charge is 0.480 e. The average molecular weight is 864 g/mol. The Balaban J connectivity index is 4.73. The molecule has 1 unspecified atom stereocenters. The topological polar surface area (TPSA) is 212 Å². The zero-order valence-electron chi connectivity index (χ0n) is 36.0. The number of hydrogen-bond donors (Lipinski definition) is 5. The summed E-state index contributed by atoms with van der Waals surface area (Å²) < 4.78 is 32.4. The standard InChI is InChI=1S/C46H74NO12P/c1-3-5-7-9-11-13-15-17-18-19-20-21-23-25-27-29-31-35-45(51)59-40(38-57-60(54,55)58-39-41(47)46(52)53)37-56-44(50)36-32-34-43(49)42(48)33-30-28-26-24-22-16-14-12-10-8-6-4-2/h6,8,11-14,17-18,20-22,24-25,27-28,30,40-43,48-49H,3-5,7,9-10,15-16,19,23,26,29,31-39,47H2,1-2H3,(H,52,53)(H,54,55)/b8-6-,13-11-,14-12-,18-17-,21-20-,24-22-,27-25-,30-28-/t40-,41+,42+,43+/m1/s1. The van der Waals surface area contributed by atoms with Crippen molar-refractivity contribution in [3.63, 3.8) is 0 Å². The maximum Gasteiger partial charge on any atom is 0.472 e. The number of ether oxygens (including phenoxy) is 2. The van der Waals surface area contributed by atoms with Gasteiger partial charge in [-0.05, 0) is 89.9 Å². The number of esters is 2. The van der Waals surface area contributed by atoms with Gasteiger partial charge in [0, 0.05) is 12.8 Å². The van der Waals surface area contributed by atoms with E-state index in [9.17, 15) is 34.1 Å². The van der Waals surface area contributed by atoms with Gasteiger partial charge in [-0.15, -0.1) is 0 Å². The fourth-order valence-corrected chi connectivity index (χ4v) is 5.80. The highest BCUT2D eigenvalue weighted by molar-refractivity contribution is 7.47. The zero-order valence-corrected chi connectivity index (χ0v) is 36.9. The van der Waals surface area contributed by atoms with Crippen molar-refractivity contribution in [2.75, 3.05) is 19.8 Å². The van der Waals surface area contributed by atoms with Crippen LogP contribution in [0.1, 0.15) is 129 Å². The van der Waals surface area contributed by atoms with Crippen molar-refractivity contribution >= 4 is 25.7 Å². The molecule has 60 heavy (non-hydrogen) atoms. The molecule has 0 aromatic heterocycles. The van der Waals surface area contributed by atoms with E-state index in [0.717, 1.165) is 44.9 Å². The van der Waals surface area contributed by atoms with E-state index in [4.69, 9.17) is 24.8 Å². The lowest BCUT2D eigenvalue weighted by Crippen LogP contribution is -2.34. The number of aliphatic hydroxyl groups excluding tert-OH is 2. The molecule has 6 N–H and O–H groups in total. The van der Waals surface area contributed by atoms with Gasteiger partial charge in [-0.25, -0.2) is 4.57 Å². The SMILES string of the molecule is CC/C=C\C/C=C\C/C=C\C/C=C\C[C@H](O)[C@@H](O)CCCC(=O)OC[C@H](COP(=O)(O)OC[C@H](N)C(=O)O)OC(=O)CCC/C=C\C/C=C\C/C=C\C/C=C\CCCCC. The summed E-state index contributed by atoms with van der Waals surface area (Å²) in [6, 6.07) is -1.58. The van der Waals surface area contributed by atoms with Crippen molar-refractivity contribution in [2.24, 2.45) is 5.73 Å². The lowest BCUT2D eigenvalue weighted by molar-refractivity contribution is -0.161. The van der Waals surface area contributed by atoms with Crippen LogP contribution in [0, 0.1) is 0 Å². The Morgan fingerprint density at radius 2 is 1.08 bits per heavy atom. The number of aliphatic carboxylic acids is 1. The van der Waals surface area contributed by atoms with E-state index in [1.807, 2.05) is 24.3 Å². The first-order valence-corrected chi connectivity index (χ1v) is 22.9. The molecule has 340 valence electrons. The van der Waals surface area contributed by atoms with Crippen LogP contribution in [0.2, 0.25) is 0 Å². The number of phosphoric acid groups is 1. The summed E-state index contributed by atoms with van der Waals surface area (Å²) in [5, 5.41) is 29.5. The van der Waals surface area contributed by atoms with Crippen molar-refractivity contribution in [3.05, 3.63) is 97.2 Å². The first-order valence-electron chi connectivity index (χ1n) is 21.4. The van der Waals surface area contributed by atoms with Gasteiger partial charge in [-0.2, -0.15) is 0 Å². The van der Waals surface area contributed by atoms with Crippen LogP contribution in [0.3, 0.4) is 0 Å². The Morgan fingerprint density at radius 1 is 0.600 bits per heavy atom. The number of allylic oxidation sites excluding steroid dienone is 15. The van der Waals surface area contributed by atoms with Crippen LogP contribution in [-0.2, 0) is 37.5 Å². The predicted molar refractivity (Wildman–Crippen MR) is 238 cm³/mol. The summed E-state index contributed by atoms with van der Waals surface area (Å²) in [6.45, 7) is 2.28. The van der Waals surface area contributed by atoms with Gasteiger partial charge in [0.25, 0.3) is 0 Å². The van der Waals surface area contributed by atoms with Crippen LogP contribution < -0.4 is 5.73 Å². The normalized spacial score (nSPS) is 15.7. The molecule has 0 aromatic rings. The van der Waals surface area contributed by atoms with E-state index in [0.29, 0.717) is 19.3 Å². The smallest absolute Gasteiger partial charge is 0.472 e. The molecule has 0 bridgehead atoms. The molecule has 0 aliphatic carbocycles. The van der Waals surface area contributed by atoms with Crippen molar-refractivity contribution in [1.82, 2.24) is 0 Å². The molecule has 0 aromatic carbocycles. The summed E-state index contributed by atoms with van der Waals surface area (Å²) in [5.74, 6) is -2.79. The number of carboxylic acid groups (broad SMARTS) is 1. The second-order valence-electron chi connectivity index (χ2n) is 14.0. The van der Waals surface area contributed by atoms with Gasteiger partial charge in [0.15, 0.2) is 6.10 Å². The van der Waals surface area contributed by atoms with E-state index in [1.165, 1.54) is 19.3 Å². The fraction of sp³-hybridized carbons (Fsp3) is 0.587. The van der Waals surface area contributed by atoms with Gasteiger partial charge < -0.3 is 35.4 Å². The van der Waals surface area contributed by atoms with Crippen molar-refractivity contribution in [2.45, 2.75) is 154 Å². The highest BCUT2D eigenvalue weighted by atomic mass is 31.2. The molecule has 0 amide bonds. The van der Waals surface area contributed by atoms with Crippen LogP contribution in [0.15, 0.2) is 97.2 Å². The number of unbranched alkanes of at least 4 members (excludes halogenated alkanes) is 4. The molecule has 0 radical (unpaired) electrons. The highest BCUT2D eigenvalue weighted by Crippen LogP contribution is 2.43. The molecular formula is C46H74NO12P. The lowest BCUT2D eigenvalue weighted by atomic mass is 10.0. The Labute approximate surface area is 359 Å². The molecule has 0 aliphatic heterocycles. The summed E-state index contributed by atoms with van der Waals surface area (Å²) in [5.41, 5.74) is 5.31. The fourth-order valence-electron chi connectivity index (χ4n) is 5.02. The third-order valence-corrected chi connectivity index (χ3v) is 9.47. The summed E-state index contributed by atoms with van der Waals surface area (Å²) >= 11 is 0. The summed E-state index contributed by atoms with van der Waals surface area (Å²) in [6.07, 6.45) is 42.3. The minimum absolute atomic E-state index is 0.0182. The van der Waals surface area contributed by atoms with E-state index in [2.05, 4.69) is 85.2 Å². The number of carboxylic acids is 1. The molecular weight excluding hydrogens is 789 g/mol. The lowest BCUT2D eigenvalue weighted by Gasteiger charge is -2.20. The quantitative estimate of drug-likeness (QED) is 0.0170. The van der Waals surface area contributed by atoms with Crippen molar-refractivity contribution in [1.29, 1.82) is 0 Å².